The van der Waals surface area contributed by atoms with Crippen molar-refractivity contribution in [3.8, 4) is 0 Å². The average Bonchev–Trinajstić information content (AvgIpc) is 2.08. The summed E-state index contributed by atoms with van der Waals surface area (Å²) in [6, 6.07) is 1.55. The number of hydrogen-bond donors (Lipinski definition) is 2. The van der Waals surface area contributed by atoms with E-state index in [2.05, 4.69) is 5.32 Å². The van der Waals surface area contributed by atoms with Gasteiger partial charge in [0.2, 0.25) is 0 Å². The Bertz CT molecular complexity index is 395. The van der Waals surface area contributed by atoms with Crippen molar-refractivity contribution >= 4 is 11.7 Å². The lowest BCUT2D eigenvalue weighted by Crippen LogP contribution is -2.25. The van der Waals surface area contributed by atoms with Gasteiger partial charge in [0.1, 0.15) is 5.56 Å². The average molecular weight is 182 g/mol. The monoisotopic (exact) mass is 182 g/mol. The molecule has 0 aliphatic heterocycles. The van der Waals surface area contributed by atoms with Gasteiger partial charge in [0.25, 0.3) is 5.56 Å². The number of carboxylic acids is 1. The molecule has 1 rings (SSSR count). The molecule has 1 aromatic rings. The maximum Gasteiger partial charge on any atom is 0.343 e. The summed E-state index contributed by atoms with van der Waals surface area (Å²) in [5.41, 5.74) is -0.414. The van der Waals surface area contributed by atoms with Gasteiger partial charge in [0.05, 0.1) is 5.69 Å². The van der Waals surface area contributed by atoms with E-state index in [1.807, 2.05) is 0 Å². The molecule has 0 aliphatic rings. The van der Waals surface area contributed by atoms with Crippen LogP contribution in [0.1, 0.15) is 10.4 Å². The highest BCUT2D eigenvalue weighted by Crippen LogP contribution is 2.08. The molecule has 5 heteroatoms. The minimum atomic E-state index is -1.22. The van der Waals surface area contributed by atoms with Gasteiger partial charge in [0, 0.05) is 20.3 Å². The van der Waals surface area contributed by atoms with Crippen LogP contribution < -0.4 is 10.9 Å². The molecule has 13 heavy (non-hydrogen) atoms. The number of pyridine rings is 1. The number of rotatable bonds is 2. The van der Waals surface area contributed by atoms with Crippen molar-refractivity contribution in [2.75, 3.05) is 12.4 Å². The van der Waals surface area contributed by atoms with Crippen molar-refractivity contribution in [1.82, 2.24) is 4.57 Å². The lowest BCUT2D eigenvalue weighted by Gasteiger charge is -2.05. The van der Waals surface area contributed by atoms with E-state index in [-0.39, 0.29) is 5.56 Å². The molecule has 0 aliphatic carbocycles. The molecule has 1 aromatic heterocycles. The summed E-state index contributed by atoms with van der Waals surface area (Å²) in [4.78, 5) is 22.0. The molecule has 0 unspecified atom stereocenters. The van der Waals surface area contributed by atoms with E-state index in [9.17, 15) is 9.59 Å². The first-order valence-electron chi connectivity index (χ1n) is 3.68. The highest BCUT2D eigenvalue weighted by molar-refractivity contribution is 5.93. The molecule has 2 N–H and O–H groups in total. The van der Waals surface area contributed by atoms with Gasteiger partial charge in [0.15, 0.2) is 0 Å². The Morgan fingerprint density at radius 3 is 2.69 bits per heavy atom. The van der Waals surface area contributed by atoms with Gasteiger partial charge >= 0.3 is 5.97 Å². The number of hydrogen-bond acceptors (Lipinski definition) is 3. The SMILES string of the molecule is CNc1ccn(C)c(=O)c1C(=O)O. The number of anilines is 1. The Kier molecular flexibility index (Phi) is 2.36. The first kappa shape index (κ1) is 9.31. The van der Waals surface area contributed by atoms with Gasteiger partial charge < -0.3 is 15.0 Å². The molecule has 0 atom stereocenters. The van der Waals surface area contributed by atoms with Crippen molar-refractivity contribution < 1.29 is 9.90 Å². The third-order valence-electron chi connectivity index (χ3n) is 1.75. The number of aromatic carboxylic acids is 1. The topological polar surface area (TPSA) is 71.3 Å². The van der Waals surface area contributed by atoms with Crippen LogP contribution in [0.4, 0.5) is 5.69 Å². The van der Waals surface area contributed by atoms with Crippen LogP contribution in [0.15, 0.2) is 17.1 Å². The summed E-state index contributed by atoms with van der Waals surface area (Å²) in [5, 5.41) is 11.4. The minimum absolute atomic E-state index is 0.229. The van der Waals surface area contributed by atoms with Crippen LogP contribution in [0, 0.1) is 0 Å². The maximum absolute atomic E-state index is 11.3. The van der Waals surface area contributed by atoms with E-state index in [1.165, 1.54) is 17.8 Å². The molecule has 0 aromatic carbocycles. The van der Waals surface area contributed by atoms with Crippen LogP contribution in [0.25, 0.3) is 0 Å². The molecule has 0 saturated carbocycles. The predicted molar refractivity (Wildman–Crippen MR) is 48.2 cm³/mol. The fourth-order valence-corrected chi connectivity index (χ4v) is 1.04. The highest BCUT2D eigenvalue weighted by atomic mass is 16.4. The van der Waals surface area contributed by atoms with Crippen molar-refractivity contribution in [3.63, 3.8) is 0 Å². The van der Waals surface area contributed by atoms with Gasteiger partial charge in [-0.3, -0.25) is 4.79 Å². The summed E-state index contributed by atoms with van der Waals surface area (Å²) in [6.07, 6.45) is 1.51. The number of aromatic nitrogens is 1. The standard InChI is InChI=1S/C8H10N2O3/c1-9-5-3-4-10(2)7(11)6(5)8(12)13/h3-4,9H,1-2H3,(H,12,13). The van der Waals surface area contributed by atoms with Crippen molar-refractivity contribution in [2.45, 2.75) is 0 Å². The largest absolute Gasteiger partial charge is 0.477 e. The van der Waals surface area contributed by atoms with Crippen molar-refractivity contribution in [3.05, 3.63) is 28.2 Å². The van der Waals surface area contributed by atoms with Crippen LogP contribution >= 0.6 is 0 Å². The second-order valence-electron chi connectivity index (χ2n) is 2.58. The van der Waals surface area contributed by atoms with Crippen LogP contribution in [-0.4, -0.2) is 22.7 Å². The second-order valence-corrected chi connectivity index (χ2v) is 2.58. The Labute approximate surface area is 74.6 Å². The van der Waals surface area contributed by atoms with E-state index in [4.69, 9.17) is 5.11 Å². The van der Waals surface area contributed by atoms with Crippen LogP contribution in [0.2, 0.25) is 0 Å². The lowest BCUT2D eigenvalue weighted by atomic mass is 10.2. The summed E-state index contributed by atoms with van der Waals surface area (Å²) < 4.78 is 1.23. The van der Waals surface area contributed by atoms with E-state index in [0.717, 1.165) is 0 Å². The minimum Gasteiger partial charge on any atom is -0.477 e. The zero-order chi connectivity index (χ0) is 10.0. The lowest BCUT2D eigenvalue weighted by molar-refractivity contribution is 0.0695. The highest BCUT2D eigenvalue weighted by Gasteiger charge is 2.14. The molecule has 0 amide bonds. The number of nitrogens with zero attached hydrogens (tertiary/aromatic N) is 1. The zero-order valence-electron chi connectivity index (χ0n) is 7.37. The van der Waals surface area contributed by atoms with E-state index >= 15 is 0 Å². The molecule has 1 heterocycles. The third kappa shape index (κ3) is 1.53. The van der Waals surface area contributed by atoms with Crippen LogP contribution in [-0.2, 0) is 7.05 Å². The Hall–Kier alpha value is -1.78. The molecular formula is C8H10N2O3. The van der Waals surface area contributed by atoms with Crippen LogP contribution in [0.3, 0.4) is 0 Å². The van der Waals surface area contributed by atoms with Gasteiger partial charge in [-0.25, -0.2) is 4.79 Å². The molecule has 0 saturated heterocycles. The molecule has 70 valence electrons. The first-order chi connectivity index (χ1) is 6.07. The molecular weight excluding hydrogens is 172 g/mol. The predicted octanol–water partition coefficient (Wildman–Crippen LogP) is 0.125. The third-order valence-corrected chi connectivity index (χ3v) is 1.75. The fourth-order valence-electron chi connectivity index (χ4n) is 1.04. The Balaban J connectivity index is 3.51. The molecule has 5 nitrogen and oxygen atoms in total. The molecule has 0 bridgehead atoms. The fraction of sp³-hybridized carbons (Fsp3) is 0.250. The molecule has 0 spiro atoms. The van der Waals surface area contributed by atoms with E-state index < -0.39 is 11.5 Å². The van der Waals surface area contributed by atoms with Crippen LogP contribution in [0.5, 0.6) is 0 Å². The van der Waals surface area contributed by atoms with Crippen molar-refractivity contribution in [2.24, 2.45) is 7.05 Å². The van der Waals surface area contributed by atoms with Crippen molar-refractivity contribution in [1.29, 1.82) is 0 Å². The molecule has 0 radical (unpaired) electrons. The smallest absolute Gasteiger partial charge is 0.343 e. The number of nitrogens with one attached hydrogen (secondary N) is 1. The summed E-state index contributed by atoms with van der Waals surface area (Å²) in [6.45, 7) is 0. The van der Waals surface area contributed by atoms with Gasteiger partial charge in [-0.05, 0) is 6.07 Å². The van der Waals surface area contributed by atoms with Gasteiger partial charge in [-0.1, -0.05) is 0 Å². The molecule has 0 fully saturated rings. The van der Waals surface area contributed by atoms with Gasteiger partial charge in [-0.15, -0.1) is 0 Å². The zero-order valence-corrected chi connectivity index (χ0v) is 7.37. The second kappa shape index (κ2) is 3.30. The number of carbonyl (C=O) groups is 1. The summed E-state index contributed by atoms with van der Waals surface area (Å²) in [7, 11) is 3.08. The maximum atomic E-state index is 11.3. The number of aryl methyl sites for hydroxylation is 1. The Morgan fingerprint density at radius 2 is 2.23 bits per heavy atom. The first-order valence-corrected chi connectivity index (χ1v) is 3.68. The van der Waals surface area contributed by atoms with E-state index in [1.54, 1.807) is 13.1 Å². The number of carboxylic acid groups (broad SMARTS) is 1. The summed E-state index contributed by atoms with van der Waals surface area (Å²) >= 11 is 0. The quantitative estimate of drug-likeness (QED) is 0.681. The van der Waals surface area contributed by atoms with E-state index in [0.29, 0.717) is 5.69 Å². The Morgan fingerprint density at radius 1 is 1.62 bits per heavy atom. The summed E-state index contributed by atoms with van der Waals surface area (Å²) in [5.74, 6) is -1.22. The normalized spacial score (nSPS) is 9.69. The van der Waals surface area contributed by atoms with Gasteiger partial charge in [-0.2, -0.15) is 0 Å².